The zero-order valence-electron chi connectivity index (χ0n) is 13.6. The van der Waals surface area contributed by atoms with Crippen LogP contribution in [0.3, 0.4) is 0 Å². The highest BCUT2D eigenvalue weighted by atomic mass is 16.1. The van der Waals surface area contributed by atoms with Gasteiger partial charge in [-0.15, -0.1) is 0 Å². The molecule has 118 valence electrons. The minimum atomic E-state index is 0.163. The zero-order valence-corrected chi connectivity index (χ0v) is 13.6. The van der Waals surface area contributed by atoms with Gasteiger partial charge in [0.05, 0.1) is 6.54 Å². The van der Waals surface area contributed by atoms with E-state index in [-0.39, 0.29) is 5.91 Å². The summed E-state index contributed by atoms with van der Waals surface area (Å²) in [6.45, 7) is 6.97. The van der Waals surface area contributed by atoms with Gasteiger partial charge in [0, 0.05) is 12.1 Å². The van der Waals surface area contributed by atoms with Crippen LogP contribution in [0, 0.1) is 0 Å². The van der Waals surface area contributed by atoms with Gasteiger partial charge in [-0.1, -0.05) is 19.3 Å². The van der Waals surface area contributed by atoms with Gasteiger partial charge < -0.3 is 15.5 Å². The summed E-state index contributed by atoms with van der Waals surface area (Å²) in [4.78, 5) is 14.1. The Labute approximate surface area is 124 Å². The first-order valence-corrected chi connectivity index (χ1v) is 8.30. The number of carbonyl (C=O) groups is 1. The Bertz CT molecular complexity index is 262. The van der Waals surface area contributed by atoms with E-state index in [2.05, 4.69) is 36.4 Å². The van der Waals surface area contributed by atoms with Crippen molar-refractivity contribution in [2.24, 2.45) is 0 Å². The molecule has 4 nitrogen and oxygen atoms in total. The van der Waals surface area contributed by atoms with Crippen molar-refractivity contribution in [1.29, 1.82) is 0 Å². The van der Waals surface area contributed by atoms with E-state index in [4.69, 9.17) is 0 Å². The van der Waals surface area contributed by atoms with E-state index in [0.717, 1.165) is 32.4 Å². The van der Waals surface area contributed by atoms with Crippen molar-refractivity contribution in [2.45, 2.75) is 70.9 Å². The summed E-state index contributed by atoms with van der Waals surface area (Å²) in [5.74, 6) is 0.163. The van der Waals surface area contributed by atoms with E-state index >= 15 is 0 Å². The first-order chi connectivity index (χ1) is 9.59. The topological polar surface area (TPSA) is 44.4 Å². The van der Waals surface area contributed by atoms with Crippen LogP contribution in [0.5, 0.6) is 0 Å². The van der Waals surface area contributed by atoms with E-state index < -0.39 is 0 Å². The molecule has 1 amide bonds. The van der Waals surface area contributed by atoms with Gasteiger partial charge in [0.15, 0.2) is 0 Å². The molecule has 0 atom stereocenters. The molecule has 1 aliphatic carbocycles. The van der Waals surface area contributed by atoms with Crippen LogP contribution in [-0.4, -0.2) is 49.6 Å². The number of unbranched alkanes of at least 4 members (excludes halogenated alkanes) is 1. The van der Waals surface area contributed by atoms with Crippen molar-refractivity contribution >= 4 is 5.91 Å². The molecule has 0 aromatic rings. The maximum atomic E-state index is 11.8. The minimum absolute atomic E-state index is 0.163. The Morgan fingerprint density at radius 1 is 1.20 bits per heavy atom. The van der Waals surface area contributed by atoms with Gasteiger partial charge in [-0.3, -0.25) is 4.79 Å². The van der Waals surface area contributed by atoms with E-state index in [1.165, 1.54) is 25.7 Å². The average molecular weight is 283 g/mol. The third kappa shape index (κ3) is 7.85. The third-order valence-electron chi connectivity index (χ3n) is 4.25. The maximum Gasteiger partial charge on any atom is 0.234 e. The number of carbonyl (C=O) groups excluding carboxylic acids is 1. The molecule has 1 saturated carbocycles. The van der Waals surface area contributed by atoms with Crippen molar-refractivity contribution in [1.82, 2.24) is 15.5 Å². The highest BCUT2D eigenvalue weighted by Crippen LogP contribution is 2.16. The molecule has 1 rings (SSSR count). The smallest absolute Gasteiger partial charge is 0.234 e. The number of rotatable bonds is 9. The van der Waals surface area contributed by atoms with Gasteiger partial charge >= 0.3 is 0 Å². The van der Waals surface area contributed by atoms with Gasteiger partial charge in [0.1, 0.15) is 0 Å². The largest absolute Gasteiger partial charge is 0.352 e. The fourth-order valence-electron chi connectivity index (χ4n) is 2.60. The Morgan fingerprint density at radius 3 is 2.55 bits per heavy atom. The first-order valence-electron chi connectivity index (χ1n) is 8.30. The Morgan fingerprint density at radius 2 is 1.90 bits per heavy atom. The van der Waals surface area contributed by atoms with Crippen LogP contribution in [0.4, 0.5) is 0 Å². The van der Waals surface area contributed by atoms with Crippen LogP contribution >= 0.6 is 0 Å². The highest BCUT2D eigenvalue weighted by Gasteiger charge is 2.14. The molecule has 4 heteroatoms. The maximum absolute atomic E-state index is 11.8. The fraction of sp³-hybridized carbons (Fsp3) is 0.938. The summed E-state index contributed by atoms with van der Waals surface area (Å²) in [5.41, 5.74) is 0. The van der Waals surface area contributed by atoms with Crippen LogP contribution in [0.1, 0.15) is 58.8 Å². The van der Waals surface area contributed by atoms with E-state index in [1.807, 2.05) is 0 Å². The molecular formula is C16H33N3O. The predicted octanol–water partition coefficient (Wildman–Crippen LogP) is 2.15. The van der Waals surface area contributed by atoms with Crippen LogP contribution in [0.25, 0.3) is 0 Å². The molecule has 0 spiro atoms. The zero-order chi connectivity index (χ0) is 14.8. The van der Waals surface area contributed by atoms with E-state index in [0.29, 0.717) is 18.6 Å². The quantitative estimate of drug-likeness (QED) is 0.637. The summed E-state index contributed by atoms with van der Waals surface area (Å²) in [5, 5.41) is 6.38. The summed E-state index contributed by atoms with van der Waals surface area (Å²) < 4.78 is 0. The van der Waals surface area contributed by atoms with Crippen molar-refractivity contribution in [3.05, 3.63) is 0 Å². The number of hydrogen-bond donors (Lipinski definition) is 2. The minimum Gasteiger partial charge on any atom is -0.352 e. The SMILES string of the molecule is CC(C)N(C)CCCCNCC(=O)NC1CCCCC1. The Hall–Kier alpha value is -0.610. The van der Waals surface area contributed by atoms with E-state index in [9.17, 15) is 4.79 Å². The molecule has 0 saturated heterocycles. The normalized spacial score (nSPS) is 16.9. The van der Waals surface area contributed by atoms with Gasteiger partial charge in [0.25, 0.3) is 0 Å². The molecule has 0 aromatic heterocycles. The van der Waals surface area contributed by atoms with Crippen molar-refractivity contribution in [2.75, 3.05) is 26.7 Å². The molecule has 0 heterocycles. The number of nitrogens with zero attached hydrogens (tertiary/aromatic N) is 1. The van der Waals surface area contributed by atoms with Crippen molar-refractivity contribution in [3.63, 3.8) is 0 Å². The standard InChI is InChI=1S/C16H33N3O/c1-14(2)19(3)12-8-7-11-17-13-16(20)18-15-9-5-4-6-10-15/h14-15,17H,4-13H2,1-3H3,(H,18,20). The molecule has 2 N–H and O–H groups in total. The molecule has 0 aromatic carbocycles. The molecule has 1 aliphatic rings. The monoisotopic (exact) mass is 283 g/mol. The molecule has 0 bridgehead atoms. The summed E-state index contributed by atoms with van der Waals surface area (Å²) >= 11 is 0. The Balaban J connectivity index is 1.94. The van der Waals surface area contributed by atoms with Gasteiger partial charge in [0.2, 0.25) is 5.91 Å². The van der Waals surface area contributed by atoms with Gasteiger partial charge in [-0.2, -0.15) is 0 Å². The molecular weight excluding hydrogens is 250 g/mol. The number of hydrogen-bond acceptors (Lipinski definition) is 3. The summed E-state index contributed by atoms with van der Waals surface area (Å²) in [6.07, 6.45) is 8.50. The van der Waals surface area contributed by atoms with Crippen LogP contribution in [0.15, 0.2) is 0 Å². The van der Waals surface area contributed by atoms with Crippen LogP contribution < -0.4 is 10.6 Å². The van der Waals surface area contributed by atoms with Crippen LogP contribution in [-0.2, 0) is 4.79 Å². The molecule has 0 radical (unpaired) electrons. The first kappa shape index (κ1) is 17.4. The third-order valence-corrected chi connectivity index (χ3v) is 4.25. The lowest BCUT2D eigenvalue weighted by Crippen LogP contribution is -2.41. The fourth-order valence-corrected chi connectivity index (χ4v) is 2.60. The second-order valence-electron chi connectivity index (χ2n) is 6.36. The van der Waals surface area contributed by atoms with Gasteiger partial charge in [-0.05, 0) is 59.7 Å². The summed E-state index contributed by atoms with van der Waals surface area (Å²) in [6, 6.07) is 1.04. The van der Waals surface area contributed by atoms with Crippen molar-refractivity contribution in [3.8, 4) is 0 Å². The molecule has 0 unspecified atom stereocenters. The lowest BCUT2D eigenvalue weighted by molar-refractivity contribution is -0.121. The van der Waals surface area contributed by atoms with E-state index in [1.54, 1.807) is 0 Å². The summed E-state index contributed by atoms with van der Waals surface area (Å²) in [7, 11) is 2.16. The molecule has 20 heavy (non-hydrogen) atoms. The second-order valence-corrected chi connectivity index (χ2v) is 6.36. The predicted molar refractivity (Wildman–Crippen MR) is 84.9 cm³/mol. The highest BCUT2D eigenvalue weighted by molar-refractivity contribution is 5.78. The number of nitrogens with one attached hydrogen (secondary N) is 2. The molecule has 1 fully saturated rings. The van der Waals surface area contributed by atoms with Crippen molar-refractivity contribution < 1.29 is 4.79 Å². The lowest BCUT2D eigenvalue weighted by Gasteiger charge is -2.23. The van der Waals surface area contributed by atoms with Crippen LogP contribution in [0.2, 0.25) is 0 Å². The van der Waals surface area contributed by atoms with Gasteiger partial charge in [-0.25, -0.2) is 0 Å². The lowest BCUT2D eigenvalue weighted by atomic mass is 9.95. The Kier molecular flexibility index (Phi) is 8.86. The average Bonchev–Trinajstić information content (AvgIpc) is 2.43. The molecule has 0 aliphatic heterocycles. The second kappa shape index (κ2) is 10.2. The number of amides is 1.